The predicted molar refractivity (Wildman–Crippen MR) is 119 cm³/mol. The highest BCUT2D eigenvalue weighted by molar-refractivity contribution is 8.77. The second-order valence-corrected chi connectivity index (χ2v) is 10.7. The van der Waals surface area contributed by atoms with E-state index in [1.54, 1.807) is 0 Å². The first-order chi connectivity index (χ1) is 13.6. The summed E-state index contributed by atoms with van der Waals surface area (Å²) in [5.74, 6) is 1.81. The van der Waals surface area contributed by atoms with E-state index in [-0.39, 0.29) is 5.92 Å². The van der Waals surface area contributed by atoms with E-state index in [0.29, 0.717) is 12.3 Å². The smallest absolute Gasteiger partial charge is 0.222 e. The van der Waals surface area contributed by atoms with Gasteiger partial charge in [0, 0.05) is 54.7 Å². The molecule has 1 amide bonds. The zero-order valence-electron chi connectivity index (χ0n) is 16.8. The number of unbranched alkanes of at least 4 members (excludes halogenated alkanes) is 1. The Kier molecular flexibility index (Phi) is 6.36. The van der Waals surface area contributed by atoms with Gasteiger partial charge in [0.25, 0.3) is 0 Å². The molecule has 2 aliphatic rings. The molecule has 0 bridgehead atoms. The van der Waals surface area contributed by atoms with Crippen LogP contribution in [-0.2, 0) is 18.4 Å². The Bertz CT molecular complexity index is 829. The maximum Gasteiger partial charge on any atom is 0.222 e. The first-order valence-corrected chi connectivity index (χ1v) is 12.6. The number of benzene rings is 1. The van der Waals surface area contributed by atoms with Crippen molar-refractivity contribution in [3.8, 4) is 0 Å². The Morgan fingerprint density at radius 2 is 2.11 bits per heavy atom. The van der Waals surface area contributed by atoms with Gasteiger partial charge >= 0.3 is 0 Å². The van der Waals surface area contributed by atoms with E-state index in [0.717, 1.165) is 24.8 Å². The molecule has 6 heteroatoms. The summed E-state index contributed by atoms with van der Waals surface area (Å²) in [4.78, 5) is 15.0. The Labute approximate surface area is 175 Å². The number of hydrogen-bond acceptors (Lipinski definition) is 4. The molecule has 1 saturated heterocycles. The molecule has 28 heavy (non-hydrogen) atoms. The van der Waals surface area contributed by atoms with Crippen molar-refractivity contribution in [2.45, 2.75) is 56.7 Å². The number of amides is 1. The molecule has 3 heterocycles. The van der Waals surface area contributed by atoms with Crippen LogP contribution in [0.2, 0.25) is 0 Å². The van der Waals surface area contributed by atoms with Gasteiger partial charge in [0.2, 0.25) is 5.91 Å². The lowest BCUT2D eigenvalue weighted by Crippen LogP contribution is -2.38. The average molecular weight is 416 g/mol. The highest BCUT2D eigenvalue weighted by Crippen LogP contribution is 2.40. The largest absolute Gasteiger partial charge is 0.337 e. The third-order valence-electron chi connectivity index (χ3n) is 6.09. The van der Waals surface area contributed by atoms with Crippen molar-refractivity contribution < 1.29 is 4.79 Å². The highest BCUT2D eigenvalue weighted by Gasteiger charge is 2.30. The number of carbonyl (C=O) groups is 1. The first kappa shape index (κ1) is 19.9. The lowest BCUT2D eigenvalue weighted by molar-refractivity contribution is -0.132. The average Bonchev–Trinajstić information content (AvgIpc) is 3.35. The minimum atomic E-state index is 0.217. The van der Waals surface area contributed by atoms with E-state index < -0.39 is 0 Å². The van der Waals surface area contributed by atoms with Crippen LogP contribution in [0.15, 0.2) is 30.5 Å². The Morgan fingerprint density at radius 1 is 1.25 bits per heavy atom. The molecule has 0 N–H and O–H groups in total. The van der Waals surface area contributed by atoms with Crippen LogP contribution in [-0.4, -0.2) is 38.1 Å². The Morgan fingerprint density at radius 3 is 2.86 bits per heavy atom. The number of carbonyl (C=O) groups excluding carboxylic acids is 1. The van der Waals surface area contributed by atoms with Crippen LogP contribution in [0.5, 0.6) is 0 Å². The van der Waals surface area contributed by atoms with E-state index in [2.05, 4.69) is 41.2 Å². The summed E-state index contributed by atoms with van der Waals surface area (Å²) in [5, 5.41) is 5.25. The molecule has 1 fully saturated rings. The van der Waals surface area contributed by atoms with Gasteiger partial charge in [0.1, 0.15) is 0 Å². The van der Waals surface area contributed by atoms with E-state index in [1.807, 2.05) is 39.5 Å². The molecule has 2 unspecified atom stereocenters. The van der Waals surface area contributed by atoms with Crippen LogP contribution in [0.1, 0.15) is 60.4 Å². The number of nitrogens with zero attached hydrogens (tertiary/aromatic N) is 3. The molecule has 4 rings (SSSR count). The van der Waals surface area contributed by atoms with Gasteiger partial charge in [-0.05, 0) is 37.3 Å². The van der Waals surface area contributed by atoms with Gasteiger partial charge in [0.15, 0.2) is 0 Å². The van der Waals surface area contributed by atoms with Gasteiger partial charge in [-0.15, -0.1) is 0 Å². The number of rotatable bonds is 6. The third-order valence-corrected chi connectivity index (χ3v) is 9.10. The topological polar surface area (TPSA) is 38.1 Å². The van der Waals surface area contributed by atoms with Gasteiger partial charge in [0.05, 0.1) is 6.20 Å². The molecule has 4 nitrogen and oxygen atoms in total. The molecular weight excluding hydrogens is 386 g/mol. The van der Waals surface area contributed by atoms with Crippen LogP contribution in [0.25, 0.3) is 0 Å². The second kappa shape index (κ2) is 8.95. The van der Waals surface area contributed by atoms with Crippen molar-refractivity contribution in [2.75, 3.05) is 12.3 Å². The van der Waals surface area contributed by atoms with Crippen LogP contribution in [0.4, 0.5) is 0 Å². The Balaban J connectivity index is 1.42. The summed E-state index contributed by atoms with van der Waals surface area (Å²) >= 11 is 0. The Hall–Kier alpha value is -1.40. The third kappa shape index (κ3) is 4.28. The quantitative estimate of drug-likeness (QED) is 0.496. The lowest BCUT2D eigenvalue weighted by Gasteiger charge is -2.35. The van der Waals surface area contributed by atoms with Gasteiger partial charge in [-0.25, -0.2) is 0 Å². The summed E-state index contributed by atoms with van der Waals surface area (Å²) in [5.41, 5.74) is 5.04. The molecule has 0 saturated carbocycles. The number of aromatic nitrogens is 2. The lowest BCUT2D eigenvalue weighted by atomic mass is 9.84. The molecule has 2 aromatic rings. The monoisotopic (exact) mass is 415 g/mol. The molecule has 0 spiro atoms. The summed E-state index contributed by atoms with van der Waals surface area (Å²) in [7, 11) is 6.02. The van der Waals surface area contributed by atoms with Crippen LogP contribution in [0.3, 0.4) is 0 Å². The van der Waals surface area contributed by atoms with Crippen LogP contribution >= 0.6 is 21.6 Å². The normalized spacial score (nSPS) is 21.7. The number of fused-ring (bicyclic) bond motifs is 1. The fourth-order valence-electron chi connectivity index (χ4n) is 4.29. The molecule has 1 aromatic heterocycles. The fraction of sp³-hybridized carbons (Fsp3) is 0.545. The highest BCUT2D eigenvalue weighted by atomic mass is 33.1. The van der Waals surface area contributed by atoms with E-state index in [1.165, 1.54) is 47.4 Å². The zero-order valence-corrected chi connectivity index (χ0v) is 18.4. The second-order valence-electron chi connectivity index (χ2n) is 7.91. The summed E-state index contributed by atoms with van der Waals surface area (Å²) < 4.78 is 1.93. The van der Waals surface area contributed by atoms with Gasteiger partial charge in [-0.2, -0.15) is 5.10 Å². The minimum Gasteiger partial charge on any atom is -0.337 e. The maximum absolute atomic E-state index is 13.0. The molecule has 150 valence electrons. The van der Waals surface area contributed by atoms with Gasteiger partial charge in [-0.1, -0.05) is 52.3 Å². The summed E-state index contributed by atoms with van der Waals surface area (Å²) in [6.45, 7) is 3.61. The van der Waals surface area contributed by atoms with E-state index in [4.69, 9.17) is 0 Å². The standard InChI is InChI=1S/C22H29N3OS2/c1-16-20(13-23-24(16)2)21-15-25(14-17-7-3-5-9-19(17)21)22(26)10-6-4-8-18-11-12-27-28-18/h3,5,7,9,13,18,21H,4,6,8,10-12,14-15H2,1-2H3. The fourth-order valence-corrected chi connectivity index (χ4v) is 7.32. The first-order valence-electron chi connectivity index (χ1n) is 10.3. The van der Waals surface area contributed by atoms with Crippen molar-refractivity contribution in [3.05, 3.63) is 52.8 Å². The molecule has 2 atom stereocenters. The predicted octanol–water partition coefficient (Wildman–Crippen LogP) is 4.92. The molecular formula is C22H29N3OS2. The molecule has 0 aliphatic carbocycles. The van der Waals surface area contributed by atoms with Gasteiger partial charge in [-0.3, -0.25) is 9.48 Å². The summed E-state index contributed by atoms with van der Waals surface area (Å²) in [6, 6.07) is 8.57. The van der Waals surface area contributed by atoms with Crippen molar-refractivity contribution in [2.24, 2.45) is 7.05 Å². The van der Waals surface area contributed by atoms with Crippen molar-refractivity contribution in [1.29, 1.82) is 0 Å². The molecule has 1 aromatic carbocycles. The molecule has 0 radical (unpaired) electrons. The van der Waals surface area contributed by atoms with E-state index in [9.17, 15) is 4.79 Å². The van der Waals surface area contributed by atoms with Crippen LogP contribution < -0.4 is 0 Å². The van der Waals surface area contributed by atoms with Gasteiger partial charge < -0.3 is 4.90 Å². The number of aryl methyl sites for hydroxylation is 1. The SMILES string of the molecule is Cc1c(C2CN(C(=O)CCCCC3CCSS3)Cc3ccccc32)cnn1C. The van der Waals surface area contributed by atoms with Crippen molar-refractivity contribution in [1.82, 2.24) is 14.7 Å². The van der Waals surface area contributed by atoms with Crippen molar-refractivity contribution >= 4 is 27.5 Å². The zero-order chi connectivity index (χ0) is 19.5. The summed E-state index contributed by atoms with van der Waals surface area (Å²) in [6.07, 6.45) is 7.41. The van der Waals surface area contributed by atoms with Crippen molar-refractivity contribution in [3.63, 3.8) is 0 Å². The molecule has 2 aliphatic heterocycles. The maximum atomic E-state index is 13.0. The van der Waals surface area contributed by atoms with E-state index >= 15 is 0 Å². The minimum absolute atomic E-state index is 0.217. The number of hydrogen-bond donors (Lipinski definition) is 0. The van der Waals surface area contributed by atoms with Crippen LogP contribution in [0, 0.1) is 6.92 Å².